The topological polar surface area (TPSA) is 57.6 Å². The van der Waals surface area contributed by atoms with E-state index in [1.165, 1.54) is 6.08 Å². The Morgan fingerprint density at radius 3 is 2.62 bits per heavy atom. The van der Waals surface area contributed by atoms with Crippen LogP contribution in [0.2, 0.25) is 0 Å². The Morgan fingerprint density at radius 1 is 1.38 bits per heavy atom. The second-order valence-corrected chi connectivity index (χ2v) is 5.44. The Labute approximate surface area is 126 Å². The highest BCUT2D eigenvalue weighted by Crippen LogP contribution is 2.15. The summed E-state index contributed by atoms with van der Waals surface area (Å²) in [6.07, 6.45) is 3.63. The number of amides is 1. The maximum atomic E-state index is 12.4. The van der Waals surface area contributed by atoms with Gasteiger partial charge in [0.1, 0.15) is 0 Å². The molecular formula is C17H23NO3. The normalized spacial score (nSPS) is 12.4. The van der Waals surface area contributed by atoms with Gasteiger partial charge < -0.3 is 10.0 Å². The Morgan fingerprint density at radius 2 is 2.05 bits per heavy atom. The van der Waals surface area contributed by atoms with Crippen molar-refractivity contribution in [1.29, 1.82) is 0 Å². The van der Waals surface area contributed by atoms with Crippen LogP contribution in [0, 0.1) is 12.8 Å². The van der Waals surface area contributed by atoms with Crippen molar-refractivity contribution >= 4 is 18.0 Å². The molecule has 0 bridgehead atoms. The van der Waals surface area contributed by atoms with Gasteiger partial charge in [0, 0.05) is 25.2 Å². The number of carboxylic acids is 1. The van der Waals surface area contributed by atoms with Crippen LogP contribution in [-0.2, 0) is 4.79 Å². The second-order valence-electron chi connectivity index (χ2n) is 5.44. The second kappa shape index (κ2) is 7.62. The highest BCUT2D eigenvalue weighted by Gasteiger charge is 2.14. The van der Waals surface area contributed by atoms with Gasteiger partial charge in [-0.3, -0.25) is 4.79 Å². The highest BCUT2D eigenvalue weighted by molar-refractivity contribution is 5.95. The van der Waals surface area contributed by atoms with Crippen molar-refractivity contribution in [3.8, 4) is 0 Å². The van der Waals surface area contributed by atoms with E-state index < -0.39 is 5.97 Å². The molecule has 114 valence electrons. The molecule has 0 saturated carbocycles. The fourth-order valence-corrected chi connectivity index (χ4v) is 2.01. The minimum atomic E-state index is -1.000. The van der Waals surface area contributed by atoms with Crippen LogP contribution in [-0.4, -0.2) is 35.5 Å². The van der Waals surface area contributed by atoms with Crippen LogP contribution in [0.5, 0.6) is 0 Å². The van der Waals surface area contributed by atoms with Crippen molar-refractivity contribution in [3.05, 3.63) is 41.0 Å². The first-order valence-corrected chi connectivity index (χ1v) is 7.12. The number of aryl methyl sites for hydroxylation is 1. The third-order valence-corrected chi connectivity index (χ3v) is 3.56. The molecule has 4 nitrogen and oxygen atoms in total. The SMILES string of the molecule is CCC(C)CN(C)C(=O)c1ccc(C)c(/C=C/C(=O)O)c1. The molecule has 0 aromatic heterocycles. The number of nitrogens with zero attached hydrogens (tertiary/aromatic N) is 1. The Balaban J connectivity index is 2.95. The molecule has 21 heavy (non-hydrogen) atoms. The average Bonchev–Trinajstić information content (AvgIpc) is 2.45. The number of hydrogen-bond acceptors (Lipinski definition) is 2. The van der Waals surface area contributed by atoms with Crippen molar-refractivity contribution in [2.45, 2.75) is 27.2 Å². The fourth-order valence-electron chi connectivity index (χ4n) is 2.01. The molecule has 0 radical (unpaired) electrons. The molecule has 0 aliphatic heterocycles. The lowest BCUT2D eigenvalue weighted by Gasteiger charge is -2.21. The number of rotatable bonds is 6. The van der Waals surface area contributed by atoms with Gasteiger partial charge in [-0.25, -0.2) is 4.79 Å². The summed E-state index contributed by atoms with van der Waals surface area (Å²) >= 11 is 0. The number of hydrogen-bond donors (Lipinski definition) is 1. The molecule has 0 spiro atoms. The van der Waals surface area contributed by atoms with E-state index >= 15 is 0 Å². The Bertz CT molecular complexity index is 549. The van der Waals surface area contributed by atoms with Crippen LogP contribution < -0.4 is 0 Å². The number of carboxylic acid groups (broad SMARTS) is 1. The predicted molar refractivity (Wildman–Crippen MR) is 84.3 cm³/mol. The summed E-state index contributed by atoms with van der Waals surface area (Å²) < 4.78 is 0. The van der Waals surface area contributed by atoms with E-state index in [9.17, 15) is 9.59 Å². The molecular weight excluding hydrogens is 266 g/mol. The number of carbonyl (C=O) groups excluding carboxylic acids is 1. The summed E-state index contributed by atoms with van der Waals surface area (Å²) in [5.41, 5.74) is 2.27. The van der Waals surface area contributed by atoms with Gasteiger partial charge >= 0.3 is 5.97 Å². The maximum absolute atomic E-state index is 12.4. The first-order valence-electron chi connectivity index (χ1n) is 7.12. The zero-order valence-corrected chi connectivity index (χ0v) is 13.1. The predicted octanol–water partition coefficient (Wildman–Crippen LogP) is 3.21. The third-order valence-electron chi connectivity index (χ3n) is 3.56. The number of benzene rings is 1. The molecule has 1 aromatic rings. The van der Waals surface area contributed by atoms with E-state index in [2.05, 4.69) is 13.8 Å². The molecule has 0 fully saturated rings. The van der Waals surface area contributed by atoms with Crippen LogP contribution in [0.1, 0.15) is 41.8 Å². The van der Waals surface area contributed by atoms with Crippen LogP contribution >= 0.6 is 0 Å². The van der Waals surface area contributed by atoms with E-state index in [4.69, 9.17) is 5.11 Å². The summed E-state index contributed by atoms with van der Waals surface area (Å²) in [7, 11) is 1.79. The van der Waals surface area contributed by atoms with E-state index in [1.807, 2.05) is 13.0 Å². The molecule has 1 unspecified atom stereocenters. The molecule has 0 aliphatic rings. The van der Waals surface area contributed by atoms with Crippen molar-refractivity contribution in [2.24, 2.45) is 5.92 Å². The molecule has 0 heterocycles. The monoisotopic (exact) mass is 289 g/mol. The molecule has 0 saturated heterocycles. The first-order chi connectivity index (χ1) is 9.85. The first kappa shape index (κ1) is 17.0. The third kappa shape index (κ3) is 5.06. The number of aliphatic carboxylic acids is 1. The smallest absolute Gasteiger partial charge is 0.328 e. The minimum absolute atomic E-state index is 0.0414. The van der Waals surface area contributed by atoms with E-state index in [0.29, 0.717) is 18.0 Å². The molecule has 1 aromatic carbocycles. The van der Waals surface area contributed by atoms with Gasteiger partial charge in [-0.05, 0) is 42.2 Å². The Kier molecular flexibility index (Phi) is 6.15. The summed E-state index contributed by atoms with van der Waals surface area (Å²) in [5, 5.41) is 8.70. The molecule has 1 atom stereocenters. The zero-order chi connectivity index (χ0) is 16.0. The average molecular weight is 289 g/mol. The maximum Gasteiger partial charge on any atom is 0.328 e. The minimum Gasteiger partial charge on any atom is -0.478 e. The van der Waals surface area contributed by atoms with Crippen molar-refractivity contribution in [3.63, 3.8) is 0 Å². The molecule has 4 heteroatoms. The van der Waals surface area contributed by atoms with Gasteiger partial charge in [0.15, 0.2) is 0 Å². The standard InChI is InChI=1S/C17H23NO3/c1-5-12(2)11-18(4)17(21)15-7-6-13(3)14(10-15)8-9-16(19)20/h6-10,12H,5,11H2,1-4H3,(H,19,20)/b9-8+. The zero-order valence-electron chi connectivity index (χ0n) is 13.1. The summed E-state index contributed by atoms with van der Waals surface area (Å²) in [6.45, 7) is 6.81. The molecule has 0 aliphatic carbocycles. The largest absolute Gasteiger partial charge is 0.478 e. The van der Waals surface area contributed by atoms with Crippen molar-refractivity contribution < 1.29 is 14.7 Å². The molecule has 1 N–H and O–H groups in total. The fraction of sp³-hybridized carbons (Fsp3) is 0.412. The van der Waals surface area contributed by atoms with Gasteiger partial charge in [0.25, 0.3) is 5.91 Å². The van der Waals surface area contributed by atoms with Crippen LogP contribution in [0.3, 0.4) is 0 Å². The van der Waals surface area contributed by atoms with Gasteiger partial charge in [-0.1, -0.05) is 26.3 Å². The lowest BCUT2D eigenvalue weighted by atomic mass is 10.0. The van der Waals surface area contributed by atoms with Gasteiger partial charge in [0.2, 0.25) is 0 Å². The van der Waals surface area contributed by atoms with E-state index in [0.717, 1.165) is 23.6 Å². The van der Waals surface area contributed by atoms with Gasteiger partial charge in [0.05, 0.1) is 0 Å². The summed E-state index contributed by atoms with van der Waals surface area (Å²) in [6, 6.07) is 5.36. The lowest BCUT2D eigenvalue weighted by Crippen LogP contribution is -2.30. The van der Waals surface area contributed by atoms with Crippen molar-refractivity contribution in [2.75, 3.05) is 13.6 Å². The molecule has 1 rings (SSSR count). The van der Waals surface area contributed by atoms with E-state index in [-0.39, 0.29) is 5.91 Å². The highest BCUT2D eigenvalue weighted by atomic mass is 16.4. The van der Waals surface area contributed by atoms with Gasteiger partial charge in [-0.15, -0.1) is 0 Å². The van der Waals surface area contributed by atoms with Gasteiger partial charge in [-0.2, -0.15) is 0 Å². The van der Waals surface area contributed by atoms with Crippen LogP contribution in [0.25, 0.3) is 6.08 Å². The van der Waals surface area contributed by atoms with E-state index in [1.54, 1.807) is 24.1 Å². The lowest BCUT2D eigenvalue weighted by molar-refractivity contribution is -0.131. The summed E-state index contributed by atoms with van der Waals surface area (Å²) in [5.74, 6) is -0.587. The molecule has 1 amide bonds. The van der Waals surface area contributed by atoms with Crippen LogP contribution in [0.4, 0.5) is 0 Å². The van der Waals surface area contributed by atoms with Crippen molar-refractivity contribution in [1.82, 2.24) is 4.90 Å². The Hall–Kier alpha value is -2.10. The van der Waals surface area contributed by atoms with Crippen LogP contribution in [0.15, 0.2) is 24.3 Å². The number of carbonyl (C=O) groups is 2. The summed E-state index contributed by atoms with van der Waals surface area (Å²) in [4.78, 5) is 24.7. The quantitative estimate of drug-likeness (QED) is 0.818.